The van der Waals surface area contributed by atoms with Crippen molar-refractivity contribution in [3.8, 4) is 5.75 Å². The highest BCUT2D eigenvalue weighted by Crippen LogP contribution is 2.28. The maximum Gasteiger partial charge on any atom is 0.119 e. The highest BCUT2D eigenvalue weighted by molar-refractivity contribution is 5.84. The van der Waals surface area contributed by atoms with E-state index in [0.29, 0.717) is 19.1 Å². The number of hydrogen-bond donors (Lipinski definition) is 1. The average Bonchev–Trinajstić information content (AvgIpc) is 2.90. The second kappa shape index (κ2) is 6.88. The summed E-state index contributed by atoms with van der Waals surface area (Å²) in [6.07, 6.45) is 3.16. The largest absolute Gasteiger partial charge is 0.494 e. The van der Waals surface area contributed by atoms with E-state index in [1.165, 1.54) is 22.0 Å². The van der Waals surface area contributed by atoms with E-state index < -0.39 is 0 Å². The van der Waals surface area contributed by atoms with Gasteiger partial charge in [-0.1, -0.05) is 30.3 Å². The van der Waals surface area contributed by atoms with Crippen LogP contribution in [-0.4, -0.2) is 17.7 Å². The van der Waals surface area contributed by atoms with Crippen molar-refractivity contribution in [3.63, 3.8) is 0 Å². The first-order chi connectivity index (χ1) is 11.2. The molecule has 120 valence electrons. The lowest BCUT2D eigenvalue weighted by atomic mass is 9.92. The fourth-order valence-electron chi connectivity index (χ4n) is 3.22. The Morgan fingerprint density at radius 1 is 1.13 bits per heavy atom. The molecule has 2 aromatic carbocycles. The van der Waals surface area contributed by atoms with Crippen molar-refractivity contribution in [3.05, 3.63) is 65.9 Å². The number of fused-ring (bicyclic) bond motifs is 1. The van der Waals surface area contributed by atoms with Crippen molar-refractivity contribution in [1.29, 1.82) is 0 Å². The first kappa shape index (κ1) is 15.6. The number of rotatable bonds is 6. The molecule has 3 rings (SSSR count). The minimum atomic E-state index is 0.293. The lowest BCUT2D eigenvalue weighted by Gasteiger charge is -2.16. The van der Waals surface area contributed by atoms with Gasteiger partial charge in [0, 0.05) is 30.1 Å². The van der Waals surface area contributed by atoms with Gasteiger partial charge in [0.05, 0.1) is 6.61 Å². The van der Waals surface area contributed by atoms with E-state index in [1.54, 1.807) is 0 Å². The average molecular weight is 308 g/mol. The van der Waals surface area contributed by atoms with Crippen molar-refractivity contribution in [2.24, 2.45) is 12.8 Å². The van der Waals surface area contributed by atoms with E-state index in [-0.39, 0.29) is 0 Å². The number of aryl methyl sites for hydroxylation is 1. The first-order valence-corrected chi connectivity index (χ1v) is 8.18. The molecule has 2 N–H and O–H groups in total. The first-order valence-electron chi connectivity index (χ1n) is 8.18. The SMILES string of the molecule is CCOc1cccc(C(CN)Cc2cn(C)c3ccccc23)c1. The molecule has 0 spiro atoms. The summed E-state index contributed by atoms with van der Waals surface area (Å²) in [4.78, 5) is 0. The van der Waals surface area contributed by atoms with Gasteiger partial charge in [0.15, 0.2) is 0 Å². The molecule has 0 bridgehead atoms. The molecule has 0 aliphatic rings. The summed E-state index contributed by atoms with van der Waals surface area (Å²) in [7, 11) is 2.10. The minimum absolute atomic E-state index is 0.293. The summed E-state index contributed by atoms with van der Waals surface area (Å²) in [6.45, 7) is 3.31. The van der Waals surface area contributed by atoms with Crippen LogP contribution >= 0.6 is 0 Å². The van der Waals surface area contributed by atoms with E-state index >= 15 is 0 Å². The summed E-state index contributed by atoms with van der Waals surface area (Å²) < 4.78 is 7.81. The van der Waals surface area contributed by atoms with Crippen molar-refractivity contribution in [2.45, 2.75) is 19.3 Å². The molecule has 0 fully saturated rings. The van der Waals surface area contributed by atoms with Gasteiger partial charge in [0.2, 0.25) is 0 Å². The van der Waals surface area contributed by atoms with Crippen molar-refractivity contribution >= 4 is 10.9 Å². The predicted molar refractivity (Wildman–Crippen MR) is 96.0 cm³/mol. The van der Waals surface area contributed by atoms with Gasteiger partial charge in [-0.15, -0.1) is 0 Å². The van der Waals surface area contributed by atoms with Gasteiger partial charge in [-0.3, -0.25) is 0 Å². The highest BCUT2D eigenvalue weighted by atomic mass is 16.5. The molecular weight excluding hydrogens is 284 g/mol. The number of ether oxygens (including phenoxy) is 1. The lowest BCUT2D eigenvalue weighted by molar-refractivity contribution is 0.339. The Labute approximate surface area is 137 Å². The fraction of sp³-hybridized carbons (Fsp3) is 0.300. The maximum atomic E-state index is 6.08. The zero-order valence-corrected chi connectivity index (χ0v) is 13.8. The molecule has 1 atom stereocenters. The second-order valence-electron chi connectivity index (χ2n) is 5.92. The molecule has 0 saturated carbocycles. The highest BCUT2D eigenvalue weighted by Gasteiger charge is 2.15. The van der Waals surface area contributed by atoms with E-state index in [0.717, 1.165) is 12.2 Å². The van der Waals surface area contributed by atoms with Crippen molar-refractivity contribution in [2.75, 3.05) is 13.2 Å². The Balaban J connectivity index is 1.91. The van der Waals surface area contributed by atoms with Crippen LogP contribution in [0, 0.1) is 0 Å². The van der Waals surface area contributed by atoms with Crippen LogP contribution in [0.2, 0.25) is 0 Å². The van der Waals surface area contributed by atoms with Gasteiger partial charge in [-0.25, -0.2) is 0 Å². The smallest absolute Gasteiger partial charge is 0.119 e. The zero-order valence-electron chi connectivity index (χ0n) is 13.8. The van der Waals surface area contributed by atoms with E-state index in [1.807, 2.05) is 19.1 Å². The minimum Gasteiger partial charge on any atom is -0.494 e. The Morgan fingerprint density at radius 2 is 1.96 bits per heavy atom. The third-order valence-electron chi connectivity index (χ3n) is 4.37. The normalized spacial score (nSPS) is 12.5. The van der Waals surface area contributed by atoms with E-state index in [4.69, 9.17) is 10.5 Å². The van der Waals surface area contributed by atoms with E-state index in [9.17, 15) is 0 Å². The van der Waals surface area contributed by atoms with Crippen molar-refractivity contribution in [1.82, 2.24) is 4.57 Å². The van der Waals surface area contributed by atoms with Gasteiger partial charge in [-0.2, -0.15) is 0 Å². The van der Waals surface area contributed by atoms with Crippen LogP contribution in [0.25, 0.3) is 10.9 Å². The molecular formula is C20H24N2O. The summed E-state index contributed by atoms with van der Waals surface area (Å²) >= 11 is 0. The number of aromatic nitrogens is 1. The Bertz CT molecular complexity index is 791. The van der Waals surface area contributed by atoms with Gasteiger partial charge >= 0.3 is 0 Å². The molecule has 0 aliphatic carbocycles. The predicted octanol–water partition coefficient (Wildman–Crippen LogP) is 3.86. The van der Waals surface area contributed by atoms with Gasteiger partial charge < -0.3 is 15.0 Å². The van der Waals surface area contributed by atoms with Crippen LogP contribution in [0.5, 0.6) is 5.75 Å². The Hall–Kier alpha value is -2.26. The fourth-order valence-corrected chi connectivity index (χ4v) is 3.22. The summed E-state index contributed by atoms with van der Waals surface area (Å²) in [5, 5.41) is 1.31. The molecule has 0 saturated heterocycles. The number of benzene rings is 2. The molecule has 0 radical (unpaired) electrons. The summed E-state index contributed by atoms with van der Waals surface area (Å²) in [5.41, 5.74) is 9.93. The number of nitrogens with two attached hydrogens (primary N) is 1. The summed E-state index contributed by atoms with van der Waals surface area (Å²) in [6, 6.07) is 16.8. The van der Waals surface area contributed by atoms with E-state index in [2.05, 4.69) is 54.2 Å². The third-order valence-corrected chi connectivity index (χ3v) is 4.37. The van der Waals surface area contributed by atoms with Crippen LogP contribution in [-0.2, 0) is 13.5 Å². The molecule has 0 amide bonds. The second-order valence-corrected chi connectivity index (χ2v) is 5.92. The molecule has 3 heteroatoms. The molecule has 3 nitrogen and oxygen atoms in total. The zero-order chi connectivity index (χ0) is 16.2. The molecule has 1 aromatic heterocycles. The maximum absolute atomic E-state index is 6.08. The van der Waals surface area contributed by atoms with Crippen LogP contribution in [0.1, 0.15) is 24.0 Å². The van der Waals surface area contributed by atoms with Gasteiger partial charge in [0.1, 0.15) is 5.75 Å². The van der Waals surface area contributed by atoms with Crippen LogP contribution in [0.15, 0.2) is 54.7 Å². The third kappa shape index (κ3) is 3.25. The molecule has 3 aromatic rings. The molecule has 23 heavy (non-hydrogen) atoms. The van der Waals surface area contributed by atoms with Crippen LogP contribution in [0.4, 0.5) is 0 Å². The number of para-hydroxylation sites is 1. The van der Waals surface area contributed by atoms with Gasteiger partial charge in [0.25, 0.3) is 0 Å². The van der Waals surface area contributed by atoms with Crippen LogP contribution in [0.3, 0.4) is 0 Å². The van der Waals surface area contributed by atoms with Crippen LogP contribution < -0.4 is 10.5 Å². The quantitative estimate of drug-likeness (QED) is 0.751. The monoisotopic (exact) mass is 308 g/mol. The number of hydrogen-bond acceptors (Lipinski definition) is 2. The van der Waals surface area contributed by atoms with Gasteiger partial charge in [-0.05, 0) is 49.2 Å². The number of nitrogens with zero attached hydrogens (tertiary/aromatic N) is 1. The lowest BCUT2D eigenvalue weighted by Crippen LogP contribution is -2.15. The Morgan fingerprint density at radius 3 is 2.74 bits per heavy atom. The van der Waals surface area contributed by atoms with Crippen molar-refractivity contribution < 1.29 is 4.74 Å². The summed E-state index contributed by atoms with van der Waals surface area (Å²) in [5.74, 6) is 1.21. The Kier molecular flexibility index (Phi) is 4.68. The molecule has 0 aliphatic heterocycles. The molecule has 1 unspecified atom stereocenters. The standard InChI is InChI=1S/C20H24N2O/c1-3-23-18-8-6-7-15(12-18)16(13-21)11-17-14-22(2)20-10-5-4-9-19(17)20/h4-10,12,14,16H,3,11,13,21H2,1-2H3. The topological polar surface area (TPSA) is 40.2 Å². The molecule has 1 heterocycles.